The number of aryl methyl sites for hydroxylation is 1. The third-order valence-corrected chi connectivity index (χ3v) is 3.41. The van der Waals surface area contributed by atoms with E-state index in [9.17, 15) is 5.11 Å². The van der Waals surface area contributed by atoms with Gasteiger partial charge in [-0.25, -0.2) is 0 Å². The highest BCUT2D eigenvalue weighted by Gasteiger charge is 2.09. The van der Waals surface area contributed by atoms with Gasteiger partial charge in [0.25, 0.3) is 0 Å². The van der Waals surface area contributed by atoms with Gasteiger partial charge in [-0.1, -0.05) is 60.2 Å². The van der Waals surface area contributed by atoms with E-state index in [4.69, 9.17) is 0 Å². The lowest BCUT2D eigenvalue weighted by Gasteiger charge is -2.20. The Morgan fingerprint density at radius 3 is 2.25 bits per heavy atom. The molecule has 0 fully saturated rings. The molecule has 2 heteroatoms. The largest absolute Gasteiger partial charge is 0.391 e. The summed E-state index contributed by atoms with van der Waals surface area (Å²) in [5, 5.41) is 10.2. The smallest absolute Gasteiger partial charge is 0.0707 e. The summed E-state index contributed by atoms with van der Waals surface area (Å²) in [4.78, 5) is 2.16. The van der Waals surface area contributed by atoms with Crippen LogP contribution in [0.1, 0.15) is 16.7 Å². The molecule has 0 aliphatic carbocycles. The lowest BCUT2D eigenvalue weighted by molar-refractivity contribution is 0.123. The number of likely N-dealkylation sites (N-methyl/N-ethyl adjacent to an activating group) is 1. The molecule has 106 valence electrons. The molecule has 0 aliphatic rings. The van der Waals surface area contributed by atoms with Crippen LogP contribution in [-0.4, -0.2) is 29.7 Å². The summed E-state index contributed by atoms with van der Waals surface area (Å²) in [5.41, 5.74) is 3.74. The van der Waals surface area contributed by atoms with E-state index in [0.717, 1.165) is 6.54 Å². The van der Waals surface area contributed by atoms with Gasteiger partial charge in [-0.2, -0.15) is 0 Å². The Bertz CT molecular complexity index is 507. The Kier molecular flexibility index (Phi) is 5.33. The van der Waals surface area contributed by atoms with Crippen LogP contribution in [0.4, 0.5) is 0 Å². The second kappa shape index (κ2) is 7.22. The molecule has 0 amide bonds. The van der Waals surface area contributed by atoms with Crippen LogP contribution in [0.5, 0.6) is 0 Å². The van der Waals surface area contributed by atoms with Crippen molar-refractivity contribution >= 4 is 0 Å². The van der Waals surface area contributed by atoms with Gasteiger partial charge in [-0.3, -0.25) is 4.90 Å². The first-order valence-electron chi connectivity index (χ1n) is 7.09. The summed E-state index contributed by atoms with van der Waals surface area (Å²) in [6.07, 6.45) is 0.381. The molecule has 2 aromatic carbocycles. The zero-order valence-corrected chi connectivity index (χ0v) is 12.3. The lowest BCUT2D eigenvalue weighted by atomic mass is 10.1. The Balaban J connectivity index is 1.81. The van der Waals surface area contributed by atoms with Crippen molar-refractivity contribution in [1.29, 1.82) is 0 Å². The van der Waals surface area contributed by atoms with Gasteiger partial charge in [-0.05, 0) is 31.5 Å². The number of rotatable bonds is 6. The van der Waals surface area contributed by atoms with E-state index in [0.29, 0.717) is 13.0 Å². The highest BCUT2D eigenvalue weighted by Crippen LogP contribution is 2.08. The average Bonchev–Trinajstić information content (AvgIpc) is 2.42. The molecule has 0 heterocycles. The fourth-order valence-electron chi connectivity index (χ4n) is 2.38. The Hall–Kier alpha value is -1.64. The fraction of sp³-hybridized carbons (Fsp3) is 0.333. The number of hydrogen-bond acceptors (Lipinski definition) is 2. The minimum atomic E-state index is -0.326. The van der Waals surface area contributed by atoms with Crippen LogP contribution in [0.3, 0.4) is 0 Å². The van der Waals surface area contributed by atoms with Crippen LogP contribution in [0.25, 0.3) is 0 Å². The van der Waals surface area contributed by atoms with E-state index in [1.54, 1.807) is 0 Å². The molecule has 0 bridgehead atoms. The SMILES string of the molecule is Cc1ccc(CN(C)C[C@@H](O)Cc2ccccc2)cc1. The van der Waals surface area contributed by atoms with Gasteiger partial charge < -0.3 is 5.11 Å². The number of benzene rings is 2. The van der Waals surface area contributed by atoms with Crippen molar-refractivity contribution in [3.05, 3.63) is 71.3 Å². The molecule has 0 radical (unpaired) electrons. The van der Waals surface area contributed by atoms with Gasteiger partial charge in [0.15, 0.2) is 0 Å². The highest BCUT2D eigenvalue weighted by atomic mass is 16.3. The summed E-state index contributed by atoms with van der Waals surface area (Å²) in [6, 6.07) is 18.7. The van der Waals surface area contributed by atoms with Crippen LogP contribution in [-0.2, 0) is 13.0 Å². The Morgan fingerprint density at radius 1 is 0.950 bits per heavy atom. The van der Waals surface area contributed by atoms with Crippen LogP contribution in [0, 0.1) is 6.92 Å². The molecular weight excluding hydrogens is 246 g/mol. The predicted octanol–water partition coefficient (Wildman–Crippen LogP) is 3.03. The van der Waals surface area contributed by atoms with E-state index in [1.165, 1.54) is 16.7 Å². The van der Waals surface area contributed by atoms with Crippen molar-refractivity contribution in [3.8, 4) is 0 Å². The summed E-state index contributed by atoms with van der Waals surface area (Å²) >= 11 is 0. The van der Waals surface area contributed by atoms with Crippen LogP contribution >= 0.6 is 0 Å². The molecule has 0 aliphatic heterocycles. The van der Waals surface area contributed by atoms with E-state index >= 15 is 0 Å². The van der Waals surface area contributed by atoms with Crippen molar-refractivity contribution in [1.82, 2.24) is 4.90 Å². The van der Waals surface area contributed by atoms with Crippen LogP contribution in [0.15, 0.2) is 54.6 Å². The number of aliphatic hydroxyl groups excluding tert-OH is 1. The van der Waals surface area contributed by atoms with E-state index in [-0.39, 0.29) is 6.10 Å². The van der Waals surface area contributed by atoms with Gasteiger partial charge in [-0.15, -0.1) is 0 Å². The maximum absolute atomic E-state index is 10.2. The quantitative estimate of drug-likeness (QED) is 0.871. The molecule has 2 rings (SSSR count). The minimum absolute atomic E-state index is 0.326. The third-order valence-electron chi connectivity index (χ3n) is 3.41. The van der Waals surface area contributed by atoms with Crippen molar-refractivity contribution in [2.45, 2.75) is 26.0 Å². The van der Waals surface area contributed by atoms with Gasteiger partial charge in [0.05, 0.1) is 6.10 Å². The van der Waals surface area contributed by atoms with Crippen molar-refractivity contribution < 1.29 is 5.11 Å². The number of hydrogen-bond donors (Lipinski definition) is 1. The Morgan fingerprint density at radius 2 is 1.60 bits per heavy atom. The molecule has 0 saturated carbocycles. The molecule has 0 aromatic heterocycles. The standard InChI is InChI=1S/C18H23NO/c1-15-8-10-17(11-9-15)13-19(2)14-18(20)12-16-6-4-3-5-7-16/h3-11,18,20H,12-14H2,1-2H3/t18-/m0/s1. The molecule has 0 saturated heterocycles. The van der Waals surface area contributed by atoms with E-state index < -0.39 is 0 Å². The first kappa shape index (κ1) is 14.8. The zero-order valence-electron chi connectivity index (χ0n) is 12.3. The molecular formula is C18H23NO. The zero-order chi connectivity index (χ0) is 14.4. The minimum Gasteiger partial charge on any atom is -0.391 e. The molecule has 2 nitrogen and oxygen atoms in total. The van der Waals surface area contributed by atoms with Crippen LogP contribution in [0.2, 0.25) is 0 Å². The van der Waals surface area contributed by atoms with Crippen molar-refractivity contribution in [2.24, 2.45) is 0 Å². The maximum atomic E-state index is 10.2. The molecule has 0 unspecified atom stereocenters. The third kappa shape index (κ3) is 4.80. The maximum Gasteiger partial charge on any atom is 0.0707 e. The summed E-state index contributed by atoms with van der Waals surface area (Å²) in [5.74, 6) is 0. The normalized spacial score (nSPS) is 12.6. The molecule has 1 atom stereocenters. The van der Waals surface area contributed by atoms with Crippen molar-refractivity contribution in [2.75, 3.05) is 13.6 Å². The van der Waals surface area contributed by atoms with Gasteiger partial charge >= 0.3 is 0 Å². The predicted molar refractivity (Wildman–Crippen MR) is 83.7 cm³/mol. The summed E-state index contributed by atoms with van der Waals surface area (Å²) < 4.78 is 0. The lowest BCUT2D eigenvalue weighted by Crippen LogP contribution is -2.30. The molecule has 2 aromatic rings. The first-order valence-corrected chi connectivity index (χ1v) is 7.09. The van der Waals surface area contributed by atoms with Gasteiger partial charge in [0.2, 0.25) is 0 Å². The van der Waals surface area contributed by atoms with Crippen LogP contribution < -0.4 is 0 Å². The topological polar surface area (TPSA) is 23.5 Å². The monoisotopic (exact) mass is 269 g/mol. The van der Waals surface area contributed by atoms with Gasteiger partial charge in [0, 0.05) is 13.1 Å². The fourth-order valence-corrected chi connectivity index (χ4v) is 2.38. The molecule has 20 heavy (non-hydrogen) atoms. The summed E-state index contributed by atoms with van der Waals surface area (Å²) in [6.45, 7) is 3.64. The van der Waals surface area contributed by atoms with E-state index in [1.807, 2.05) is 25.2 Å². The number of nitrogens with zero attached hydrogens (tertiary/aromatic N) is 1. The van der Waals surface area contributed by atoms with Gasteiger partial charge in [0.1, 0.15) is 0 Å². The van der Waals surface area contributed by atoms with E-state index in [2.05, 4.69) is 48.2 Å². The first-order chi connectivity index (χ1) is 9.63. The van der Waals surface area contributed by atoms with Crippen molar-refractivity contribution in [3.63, 3.8) is 0 Å². The number of aliphatic hydroxyl groups is 1. The molecule has 1 N–H and O–H groups in total. The second-order valence-electron chi connectivity index (χ2n) is 5.53. The average molecular weight is 269 g/mol. The highest BCUT2D eigenvalue weighted by molar-refractivity contribution is 5.21. The second-order valence-corrected chi connectivity index (χ2v) is 5.53. The summed E-state index contributed by atoms with van der Waals surface area (Å²) in [7, 11) is 2.05. The Labute approximate surface area is 121 Å². The molecule has 0 spiro atoms.